The number of rotatable bonds is 7. The lowest BCUT2D eigenvalue weighted by atomic mass is 10.1. The van der Waals surface area contributed by atoms with Gasteiger partial charge >= 0.3 is 4.87 Å². The molecule has 2 N–H and O–H groups in total. The van der Waals surface area contributed by atoms with E-state index in [-0.39, 0.29) is 10.8 Å². The number of aromatic amines is 1. The van der Waals surface area contributed by atoms with Gasteiger partial charge < -0.3 is 14.6 Å². The third-order valence-corrected chi connectivity index (χ3v) is 4.22. The Morgan fingerprint density at radius 2 is 1.54 bits per heavy atom. The fourth-order valence-corrected chi connectivity index (χ4v) is 2.95. The first-order chi connectivity index (χ1) is 11.7. The molecule has 0 bridgehead atoms. The van der Waals surface area contributed by atoms with Crippen molar-refractivity contribution in [1.82, 2.24) is 4.98 Å². The molecule has 24 heavy (non-hydrogen) atoms. The first-order valence-corrected chi connectivity index (χ1v) is 8.33. The molecule has 124 valence electrons. The van der Waals surface area contributed by atoms with E-state index in [1.54, 1.807) is 0 Å². The van der Waals surface area contributed by atoms with Crippen molar-refractivity contribution < 1.29 is 14.6 Å². The van der Waals surface area contributed by atoms with E-state index in [0.29, 0.717) is 24.5 Å². The summed E-state index contributed by atoms with van der Waals surface area (Å²) < 4.78 is 11.2. The molecule has 0 aliphatic carbocycles. The van der Waals surface area contributed by atoms with Crippen LogP contribution in [0.2, 0.25) is 0 Å². The van der Waals surface area contributed by atoms with Gasteiger partial charge in [-0.25, -0.2) is 0 Å². The van der Waals surface area contributed by atoms with Crippen LogP contribution in [0, 0.1) is 0 Å². The molecule has 0 fully saturated rings. The molecule has 3 rings (SSSR count). The average molecular weight is 343 g/mol. The summed E-state index contributed by atoms with van der Waals surface area (Å²) in [6, 6.07) is 17.2. The van der Waals surface area contributed by atoms with Crippen molar-refractivity contribution >= 4 is 11.3 Å². The van der Waals surface area contributed by atoms with Gasteiger partial charge in [-0.1, -0.05) is 41.7 Å². The van der Waals surface area contributed by atoms with Gasteiger partial charge in [0, 0.05) is 6.42 Å². The molecule has 6 heteroatoms. The van der Waals surface area contributed by atoms with Crippen molar-refractivity contribution in [3.8, 4) is 17.4 Å². The van der Waals surface area contributed by atoms with Gasteiger partial charge in [-0.2, -0.15) is 0 Å². The molecule has 0 amide bonds. The molecule has 0 saturated heterocycles. The van der Waals surface area contributed by atoms with Gasteiger partial charge in [-0.15, -0.1) is 0 Å². The lowest BCUT2D eigenvalue weighted by molar-refractivity contribution is 0.217. The van der Waals surface area contributed by atoms with E-state index in [4.69, 9.17) is 9.47 Å². The summed E-state index contributed by atoms with van der Waals surface area (Å²) in [6.07, 6.45) is 0.507. The van der Waals surface area contributed by atoms with Crippen LogP contribution in [0.4, 0.5) is 0 Å². The van der Waals surface area contributed by atoms with E-state index in [1.807, 2.05) is 54.6 Å². The molecule has 0 atom stereocenters. The molecule has 0 radical (unpaired) electrons. The fourth-order valence-electron chi connectivity index (χ4n) is 2.20. The molecule has 1 heterocycles. The molecule has 5 nitrogen and oxygen atoms in total. The highest BCUT2D eigenvalue weighted by atomic mass is 32.1. The summed E-state index contributed by atoms with van der Waals surface area (Å²) in [5.74, 6) is 1.52. The van der Waals surface area contributed by atoms with E-state index >= 15 is 0 Å². The van der Waals surface area contributed by atoms with Crippen LogP contribution < -0.4 is 14.3 Å². The largest absolute Gasteiger partial charge is 0.494 e. The van der Waals surface area contributed by atoms with Crippen LogP contribution in [0.1, 0.15) is 10.4 Å². The first-order valence-electron chi connectivity index (χ1n) is 7.51. The number of aromatic hydroxyl groups is 1. The van der Waals surface area contributed by atoms with Gasteiger partial charge in [0.1, 0.15) is 24.7 Å². The second kappa shape index (κ2) is 7.70. The summed E-state index contributed by atoms with van der Waals surface area (Å²) in [5.41, 5.74) is 0.994. The van der Waals surface area contributed by atoms with E-state index in [2.05, 4.69) is 4.98 Å². The fraction of sp³-hybridized carbons (Fsp3) is 0.167. The number of hydrogen-bond acceptors (Lipinski definition) is 5. The lowest BCUT2D eigenvalue weighted by Gasteiger charge is -2.09. The molecule has 2 aromatic carbocycles. The zero-order valence-corrected chi connectivity index (χ0v) is 13.7. The van der Waals surface area contributed by atoms with Gasteiger partial charge in [0.05, 0.1) is 4.88 Å². The van der Waals surface area contributed by atoms with Crippen LogP contribution in [0.25, 0.3) is 0 Å². The van der Waals surface area contributed by atoms with Gasteiger partial charge in [-0.05, 0) is 29.8 Å². The number of H-pyrrole nitrogens is 1. The predicted octanol–water partition coefficient (Wildman–Crippen LogP) is 3.19. The Morgan fingerprint density at radius 3 is 2.12 bits per heavy atom. The molecular formula is C18H17NO4S. The topological polar surface area (TPSA) is 71.6 Å². The number of thiazole rings is 1. The van der Waals surface area contributed by atoms with Crippen LogP contribution in [-0.4, -0.2) is 23.3 Å². The second-order valence-electron chi connectivity index (χ2n) is 5.12. The normalized spacial score (nSPS) is 10.5. The maximum Gasteiger partial charge on any atom is 0.307 e. The highest BCUT2D eigenvalue weighted by Gasteiger charge is 2.07. The van der Waals surface area contributed by atoms with Gasteiger partial charge in [-0.3, -0.25) is 9.78 Å². The molecule has 0 unspecified atom stereocenters. The van der Waals surface area contributed by atoms with Gasteiger partial charge in [0.2, 0.25) is 5.88 Å². The minimum absolute atomic E-state index is 0.0524. The quantitative estimate of drug-likeness (QED) is 0.646. The van der Waals surface area contributed by atoms with Crippen molar-refractivity contribution in [2.45, 2.75) is 6.42 Å². The Bertz CT molecular complexity index is 824. The number of hydrogen-bond donors (Lipinski definition) is 2. The van der Waals surface area contributed by atoms with Crippen LogP contribution in [0.3, 0.4) is 0 Å². The lowest BCUT2D eigenvalue weighted by Crippen LogP contribution is -2.08. The van der Waals surface area contributed by atoms with Gasteiger partial charge in [0.25, 0.3) is 0 Å². The Kier molecular flexibility index (Phi) is 5.18. The minimum atomic E-state index is -0.249. The Hall–Kier alpha value is -2.73. The molecule has 3 aromatic rings. The molecule has 0 aliphatic rings. The smallest absolute Gasteiger partial charge is 0.307 e. The number of ether oxygens (including phenoxy) is 2. The highest BCUT2D eigenvalue weighted by molar-refractivity contribution is 7.09. The monoisotopic (exact) mass is 343 g/mol. The third kappa shape index (κ3) is 4.39. The Morgan fingerprint density at radius 1 is 0.917 bits per heavy atom. The highest BCUT2D eigenvalue weighted by Crippen LogP contribution is 2.21. The first kappa shape index (κ1) is 16.1. The van der Waals surface area contributed by atoms with Crippen LogP contribution in [0.15, 0.2) is 59.4 Å². The molecule has 0 aliphatic heterocycles. The average Bonchev–Trinajstić information content (AvgIpc) is 2.91. The molecule has 1 aromatic heterocycles. The minimum Gasteiger partial charge on any atom is -0.494 e. The van der Waals surface area contributed by atoms with Crippen LogP contribution >= 0.6 is 11.3 Å². The van der Waals surface area contributed by atoms with Crippen molar-refractivity contribution in [2.24, 2.45) is 0 Å². The summed E-state index contributed by atoms with van der Waals surface area (Å²) >= 11 is 1.02. The Balaban J connectivity index is 1.48. The Labute approximate surface area is 143 Å². The number of nitrogens with one attached hydrogen (secondary N) is 1. The SMILES string of the molecule is O=c1[nH]c(O)c(Cc2ccc(OCCOc3ccccc3)cc2)s1. The van der Waals surface area contributed by atoms with Crippen molar-refractivity contribution in [3.05, 3.63) is 74.7 Å². The maximum absolute atomic E-state index is 11.2. The van der Waals surface area contributed by atoms with E-state index in [9.17, 15) is 9.90 Å². The predicted molar refractivity (Wildman–Crippen MR) is 93.3 cm³/mol. The van der Waals surface area contributed by atoms with Crippen LogP contribution in [-0.2, 0) is 6.42 Å². The standard InChI is InChI=1S/C18H17NO4S/c20-17-16(24-18(21)19-17)12-13-6-8-15(9-7-13)23-11-10-22-14-4-2-1-3-5-14/h1-9,20H,10-12H2,(H,19,21). The second-order valence-corrected chi connectivity index (χ2v) is 6.18. The maximum atomic E-state index is 11.2. The molecular weight excluding hydrogens is 326 g/mol. The third-order valence-electron chi connectivity index (χ3n) is 3.35. The van der Waals surface area contributed by atoms with E-state index < -0.39 is 0 Å². The van der Waals surface area contributed by atoms with Crippen molar-refractivity contribution in [1.29, 1.82) is 0 Å². The summed E-state index contributed by atoms with van der Waals surface area (Å²) in [6.45, 7) is 0.922. The van der Waals surface area contributed by atoms with E-state index in [0.717, 1.165) is 28.4 Å². The van der Waals surface area contributed by atoms with Crippen LogP contribution in [0.5, 0.6) is 17.4 Å². The van der Waals surface area contributed by atoms with Gasteiger partial charge in [0.15, 0.2) is 0 Å². The summed E-state index contributed by atoms with van der Waals surface area (Å²) in [7, 11) is 0. The number of benzene rings is 2. The van der Waals surface area contributed by atoms with Crippen molar-refractivity contribution in [2.75, 3.05) is 13.2 Å². The number of aromatic nitrogens is 1. The zero-order chi connectivity index (χ0) is 16.8. The molecule has 0 saturated carbocycles. The van der Waals surface area contributed by atoms with E-state index in [1.165, 1.54) is 0 Å². The zero-order valence-electron chi connectivity index (χ0n) is 12.9. The van der Waals surface area contributed by atoms with Crippen molar-refractivity contribution in [3.63, 3.8) is 0 Å². The number of para-hydroxylation sites is 1. The summed E-state index contributed by atoms with van der Waals surface area (Å²) in [4.78, 5) is 13.9. The molecule has 0 spiro atoms. The summed E-state index contributed by atoms with van der Waals surface area (Å²) in [5, 5.41) is 9.60.